The van der Waals surface area contributed by atoms with Crippen LogP contribution in [0.15, 0.2) is 45.6 Å². The monoisotopic (exact) mass is 381 g/mol. The molecule has 2 aromatic carbocycles. The van der Waals surface area contributed by atoms with Gasteiger partial charge in [-0.05, 0) is 54.8 Å². The molecule has 1 aliphatic rings. The van der Waals surface area contributed by atoms with Gasteiger partial charge in [-0.1, -0.05) is 12.1 Å². The van der Waals surface area contributed by atoms with Crippen molar-refractivity contribution in [2.75, 3.05) is 20.3 Å². The van der Waals surface area contributed by atoms with E-state index >= 15 is 0 Å². The van der Waals surface area contributed by atoms with Gasteiger partial charge in [-0.3, -0.25) is 9.59 Å². The number of hydrogen-bond acceptors (Lipinski definition) is 4. The zero-order valence-corrected chi connectivity index (χ0v) is 15.9. The van der Waals surface area contributed by atoms with E-state index in [-0.39, 0.29) is 29.5 Å². The van der Waals surface area contributed by atoms with E-state index in [0.29, 0.717) is 28.7 Å². The highest BCUT2D eigenvalue weighted by Crippen LogP contribution is 2.38. The maximum absolute atomic E-state index is 13.4. The largest absolute Gasteiger partial charge is 0.450 e. The number of carbonyl (C=O) groups is 1. The average molecular weight is 381 g/mol. The molecule has 144 valence electrons. The summed E-state index contributed by atoms with van der Waals surface area (Å²) in [5, 5.41) is 0.440. The highest BCUT2D eigenvalue weighted by molar-refractivity contribution is 5.99. The molecule has 6 heteroatoms. The van der Waals surface area contributed by atoms with Crippen LogP contribution in [-0.4, -0.2) is 31.1 Å². The predicted molar refractivity (Wildman–Crippen MR) is 103 cm³/mol. The molecule has 5 nitrogen and oxygen atoms in total. The lowest BCUT2D eigenvalue weighted by molar-refractivity contribution is 0.0663. The lowest BCUT2D eigenvalue weighted by Crippen LogP contribution is -2.32. The van der Waals surface area contributed by atoms with E-state index in [1.807, 2.05) is 13.8 Å². The number of amides is 1. The first-order valence-corrected chi connectivity index (χ1v) is 9.05. The van der Waals surface area contributed by atoms with Crippen molar-refractivity contribution in [1.29, 1.82) is 0 Å². The van der Waals surface area contributed by atoms with Gasteiger partial charge in [0, 0.05) is 13.7 Å². The lowest BCUT2D eigenvalue weighted by Gasteiger charge is -2.24. The smallest absolute Gasteiger partial charge is 0.290 e. The van der Waals surface area contributed by atoms with E-state index in [1.54, 1.807) is 36.3 Å². The highest BCUT2D eigenvalue weighted by atomic mass is 19.1. The SMILES string of the molecule is COCCN1C(=O)c2oc3cc(C)c(C)cc3c(=O)c2C1c1ccc(F)cc1. The van der Waals surface area contributed by atoms with Crippen LogP contribution in [0.2, 0.25) is 0 Å². The number of fused-ring (bicyclic) bond motifs is 2. The molecule has 0 saturated carbocycles. The lowest BCUT2D eigenvalue weighted by atomic mass is 9.97. The molecule has 1 aromatic heterocycles. The molecule has 1 amide bonds. The quantitative estimate of drug-likeness (QED) is 0.691. The van der Waals surface area contributed by atoms with Crippen molar-refractivity contribution in [2.45, 2.75) is 19.9 Å². The second-order valence-corrected chi connectivity index (χ2v) is 7.05. The van der Waals surface area contributed by atoms with Gasteiger partial charge in [0.25, 0.3) is 5.91 Å². The van der Waals surface area contributed by atoms with Crippen LogP contribution in [-0.2, 0) is 4.74 Å². The number of ether oxygens (including phenoxy) is 1. The molecule has 28 heavy (non-hydrogen) atoms. The van der Waals surface area contributed by atoms with Crippen molar-refractivity contribution < 1.29 is 18.3 Å². The molecule has 0 saturated heterocycles. The fourth-order valence-electron chi connectivity index (χ4n) is 3.69. The van der Waals surface area contributed by atoms with E-state index in [2.05, 4.69) is 0 Å². The number of halogens is 1. The summed E-state index contributed by atoms with van der Waals surface area (Å²) in [6, 6.07) is 8.76. The summed E-state index contributed by atoms with van der Waals surface area (Å²) in [5.41, 5.74) is 3.06. The first kappa shape index (κ1) is 18.4. The maximum Gasteiger partial charge on any atom is 0.290 e. The van der Waals surface area contributed by atoms with E-state index in [9.17, 15) is 14.0 Å². The molecule has 3 aromatic rings. The van der Waals surface area contributed by atoms with Gasteiger partial charge in [-0.15, -0.1) is 0 Å². The molecule has 1 unspecified atom stereocenters. The number of nitrogens with zero attached hydrogens (tertiary/aromatic N) is 1. The van der Waals surface area contributed by atoms with Crippen LogP contribution in [0.4, 0.5) is 4.39 Å². The molecule has 1 aliphatic heterocycles. The number of hydrogen-bond donors (Lipinski definition) is 0. The number of methoxy groups -OCH3 is 1. The topological polar surface area (TPSA) is 59.8 Å². The number of carbonyl (C=O) groups excluding carboxylic acids is 1. The van der Waals surface area contributed by atoms with Gasteiger partial charge in [-0.25, -0.2) is 4.39 Å². The van der Waals surface area contributed by atoms with Crippen LogP contribution >= 0.6 is 0 Å². The standard InChI is InChI=1S/C22H20FNO4/c1-12-10-16-17(11-13(12)2)28-21-18(20(16)25)19(14-4-6-15(23)7-5-14)24(22(21)26)8-9-27-3/h4-7,10-11,19H,8-9H2,1-3H3. The predicted octanol–water partition coefficient (Wildman–Crippen LogP) is 3.74. The summed E-state index contributed by atoms with van der Waals surface area (Å²) < 4.78 is 24.5. The Labute approximate surface area is 161 Å². The molecular weight excluding hydrogens is 361 g/mol. The van der Waals surface area contributed by atoms with Gasteiger partial charge in [0.2, 0.25) is 5.76 Å². The van der Waals surface area contributed by atoms with Crippen molar-refractivity contribution in [3.63, 3.8) is 0 Å². The minimum absolute atomic E-state index is 0.0474. The molecule has 4 rings (SSSR count). The van der Waals surface area contributed by atoms with Crippen LogP contribution in [0.5, 0.6) is 0 Å². The fraction of sp³-hybridized carbons (Fsp3) is 0.273. The van der Waals surface area contributed by atoms with Crippen LogP contribution in [0.25, 0.3) is 11.0 Å². The van der Waals surface area contributed by atoms with Crippen molar-refractivity contribution >= 4 is 16.9 Å². The first-order valence-electron chi connectivity index (χ1n) is 9.05. The van der Waals surface area contributed by atoms with Gasteiger partial charge < -0.3 is 14.1 Å². The summed E-state index contributed by atoms with van der Waals surface area (Å²) >= 11 is 0. The molecule has 0 fully saturated rings. The first-order chi connectivity index (χ1) is 13.4. The van der Waals surface area contributed by atoms with Crippen molar-refractivity contribution in [2.24, 2.45) is 0 Å². The Bertz CT molecular complexity index is 1130. The number of benzene rings is 2. The van der Waals surface area contributed by atoms with Crippen LogP contribution < -0.4 is 5.43 Å². The zero-order chi connectivity index (χ0) is 20.0. The van der Waals surface area contributed by atoms with Crippen LogP contribution in [0, 0.1) is 19.7 Å². The molecule has 0 N–H and O–H groups in total. The molecule has 0 radical (unpaired) electrons. The molecule has 0 aliphatic carbocycles. The third kappa shape index (κ3) is 2.81. The van der Waals surface area contributed by atoms with E-state index in [1.165, 1.54) is 12.1 Å². The second-order valence-electron chi connectivity index (χ2n) is 7.05. The Morgan fingerprint density at radius 2 is 1.79 bits per heavy atom. The molecule has 0 bridgehead atoms. The Morgan fingerprint density at radius 1 is 1.11 bits per heavy atom. The van der Waals surface area contributed by atoms with Gasteiger partial charge in [0.1, 0.15) is 11.4 Å². The Hall–Kier alpha value is -2.99. The Kier molecular flexibility index (Phi) is 4.51. The fourth-order valence-corrected chi connectivity index (χ4v) is 3.69. The third-order valence-corrected chi connectivity index (χ3v) is 5.30. The van der Waals surface area contributed by atoms with E-state index in [4.69, 9.17) is 9.15 Å². The van der Waals surface area contributed by atoms with Gasteiger partial charge in [0.15, 0.2) is 5.43 Å². The summed E-state index contributed by atoms with van der Waals surface area (Å²) in [6.07, 6.45) is 0. The molecule has 1 atom stereocenters. The van der Waals surface area contributed by atoms with Crippen molar-refractivity contribution in [3.05, 3.63) is 80.5 Å². The number of aryl methyl sites for hydroxylation is 2. The van der Waals surface area contributed by atoms with Crippen molar-refractivity contribution in [1.82, 2.24) is 4.90 Å². The van der Waals surface area contributed by atoms with E-state index in [0.717, 1.165) is 11.1 Å². The average Bonchev–Trinajstić information content (AvgIpc) is 2.95. The Morgan fingerprint density at radius 3 is 2.46 bits per heavy atom. The van der Waals surface area contributed by atoms with Gasteiger partial charge >= 0.3 is 0 Å². The molecule has 0 spiro atoms. The summed E-state index contributed by atoms with van der Waals surface area (Å²) in [7, 11) is 1.55. The maximum atomic E-state index is 13.4. The van der Waals surface area contributed by atoms with Crippen LogP contribution in [0.1, 0.15) is 38.9 Å². The molecular formula is C22H20FNO4. The Balaban J connectivity index is 1.98. The van der Waals surface area contributed by atoms with Crippen LogP contribution in [0.3, 0.4) is 0 Å². The van der Waals surface area contributed by atoms with Gasteiger partial charge in [-0.2, -0.15) is 0 Å². The summed E-state index contributed by atoms with van der Waals surface area (Å²) in [6.45, 7) is 4.45. The zero-order valence-electron chi connectivity index (χ0n) is 15.9. The minimum Gasteiger partial charge on any atom is -0.450 e. The second kappa shape index (κ2) is 6.87. The van der Waals surface area contributed by atoms with Gasteiger partial charge in [0.05, 0.1) is 23.6 Å². The molecule has 2 heterocycles. The summed E-state index contributed by atoms with van der Waals surface area (Å²) in [5.74, 6) is -0.696. The van der Waals surface area contributed by atoms with Crippen molar-refractivity contribution in [3.8, 4) is 0 Å². The highest BCUT2D eigenvalue weighted by Gasteiger charge is 2.42. The normalized spacial score (nSPS) is 16.1. The minimum atomic E-state index is -0.638. The third-order valence-electron chi connectivity index (χ3n) is 5.30. The summed E-state index contributed by atoms with van der Waals surface area (Å²) in [4.78, 5) is 28.0. The number of rotatable bonds is 4. The van der Waals surface area contributed by atoms with E-state index < -0.39 is 6.04 Å².